The Balaban J connectivity index is 1.83. The molecule has 1 heterocycles. The quantitative estimate of drug-likeness (QED) is 0.287. The number of ether oxygens (including phenoxy) is 1. The molecule has 4 atom stereocenters. The molecule has 0 bridgehead atoms. The molecule has 0 saturated carbocycles. The van der Waals surface area contributed by atoms with E-state index < -0.39 is 30.6 Å². The molecule has 2 aromatic rings. The molecule has 4 N–H and O–H groups in total. The highest BCUT2D eigenvalue weighted by Crippen LogP contribution is 2.21. The monoisotopic (exact) mass is 526 g/mol. The first-order chi connectivity index (χ1) is 18.2. The number of aliphatic hydroxyl groups is 1. The number of benzene rings is 2. The smallest absolute Gasteiger partial charge is 0.330 e. The first-order valence-corrected chi connectivity index (χ1v) is 13.0. The van der Waals surface area contributed by atoms with Gasteiger partial charge in [0.1, 0.15) is 6.04 Å². The average molecular weight is 527 g/mol. The third-order valence-corrected chi connectivity index (χ3v) is 7.07. The highest BCUT2D eigenvalue weighted by Gasteiger charge is 2.31. The van der Waals surface area contributed by atoms with Gasteiger partial charge >= 0.3 is 5.97 Å². The summed E-state index contributed by atoms with van der Waals surface area (Å²) in [7, 11) is 1.19. The van der Waals surface area contributed by atoms with Crippen molar-refractivity contribution in [3.05, 3.63) is 48.0 Å². The SMILES string of the molecule is CC[C@H](C)[C@@H](CN(CC(=O)N[C@@H](CO)C(=O)OC)Cc1cccc2ccccc12)NC(=O)[C@@H]1CCC(=O)N1. The molecule has 0 radical (unpaired) electrons. The first-order valence-electron chi connectivity index (χ1n) is 13.0. The molecule has 1 fully saturated rings. The number of carbonyl (C=O) groups is 4. The van der Waals surface area contributed by atoms with Crippen molar-refractivity contribution in [2.75, 3.05) is 26.8 Å². The van der Waals surface area contributed by atoms with Gasteiger partial charge in [-0.1, -0.05) is 62.7 Å². The molecule has 0 aromatic heterocycles. The molecular weight excluding hydrogens is 488 g/mol. The van der Waals surface area contributed by atoms with Crippen LogP contribution in [0.15, 0.2) is 42.5 Å². The van der Waals surface area contributed by atoms with Crippen LogP contribution in [0, 0.1) is 5.92 Å². The van der Waals surface area contributed by atoms with Crippen molar-refractivity contribution in [3.63, 3.8) is 0 Å². The lowest BCUT2D eigenvalue weighted by Crippen LogP contribution is -2.54. The van der Waals surface area contributed by atoms with Crippen LogP contribution in [0.5, 0.6) is 0 Å². The molecule has 0 aliphatic carbocycles. The van der Waals surface area contributed by atoms with Crippen molar-refractivity contribution in [2.45, 2.75) is 57.8 Å². The Bertz CT molecular complexity index is 1130. The number of carbonyl (C=O) groups excluding carboxylic acids is 4. The second-order valence-electron chi connectivity index (χ2n) is 9.79. The number of rotatable bonds is 13. The van der Waals surface area contributed by atoms with Crippen molar-refractivity contribution in [3.8, 4) is 0 Å². The molecule has 2 aromatic carbocycles. The Morgan fingerprint density at radius 1 is 1.16 bits per heavy atom. The Morgan fingerprint density at radius 2 is 1.89 bits per heavy atom. The van der Waals surface area contributed by atoms with Gasteiger partial charge in [-0.2, -0.15) is 0 Å². The number of hydrogen-bond donors (Lipinski definition) is 4. The highest BCUT2D eigenvalue weighted by molar-refractivity contribution is 5.91. The number of nitrogens with zero attached hydrogens (tertiary/aromatic N) is 1. The van der Waals surface area contributed by atoms with E-state index in [4.69, 9.17) is 0 Å². The minimum Gasteiger partial charge on any atom is -0.467 e. The Hall–Kier alpha value is -3.50. The van der Waals surface area contributed by atoms with Crippen LogP contribution in [0.2, 0.25) is 0 Å². The molecule has 0 unspecified atom stereocenters. The fourth-order valence-corrected chi connectivity index (χ4v) is 4.65. The molecule has 10 heteroatoms. The van der Waals surface area contributed by atoms with Crippen molar-refractivity contribution >= 4 is 34.5 Å². The van der Waals surface area contributed by atoms with Gasteiger partial charge in [0.15, 0.2) is 6.04 Å². The van der Waals surface area contributed by atoms with E-state index in [0.717, 1.165) is 22.8 Å². The number of aliphatic hydroxyl groups excluding tert-OH is 1. The fraction of sp³-hybridized carbons (Fsp3) is 0.500. The van der Waals surface area contributed by atoms with E-state index in [9.17, 15) is 24.3 Å². The molecular formula is C28H38N4O6. The van der Waals surface area contributed by atoms with Crippen LogP contribution in [-0.4, -0.2) is 78.6 Å². The van der Waals surface area contributed by atoms with Gasteiger partial charge in [0, 0.05) is 25.6 Å². The van der Waals surface area contributed by atoms with Crippen molar-refractivity contribution in [2.24, 2.45) is 5.92 Å². The van der Waals surface area contributed by atoms with Gasteiger partial charge in [-0.3, -0.25) is 19.3 Å². The topological polar surface area (TPSA) is 137 Å². The van der Waals surface area contributed by atoms with Crippen molar-refractivity contribution in [1.82, 2.24) is 20.9 Å². The van der Waals surface area contributed by atoms with Crippen LogP contribution < -0.4 is 16.0 Å². The molecule has 206 valence electrons. The maximum absolute atomic E-state index is 13.0. The maximum Gasteiger partial charge on any atom is 0.330 e. The Kier molecular flexibility index (Phi) is 10.6. The normalized spacial score (nSPS) is 17.5. The third kappa shape index (κ3) is 7.75. The molecule has 1 aliphatic rings. The summed E-state index contributed by atoms with van der Waals surface area (Å²) in [5.41, 5.74) is 1.01. The zero-order valence-electron chi connectivity index (χ0n) is 22.2. The van der Waals surface area contributed by atoms with Gasteiger partial charge in [0.2, 0.25) is 17.7 Å². The number of methoxy groups -OCH3 is 1. The predicted molar refractivity (Wildman–Crippen MR) is 143 cm³/mol. The van der Waals surface area contributed by atoms with Gasteiger partial charge < -0.3 is 25.8 Å². The lowest BCUT2D eigenvalue weighted by Gasteiger charge is -2.32. The molecule has 38 heavy (non-hydrogen) atoms. The lowest BCUT2D eigenvalue weighted by atomic mass is 9.97. The second-order valence-corrected chi connectivity index (χ2v) is 9.79. The predicted octanol–water partition coefficient (Wildman–Crippen LogP) is 1.10. The Morgan fingerprint density at radius 3 is 2.55 bits per heavy atom. The number of esters is 1. The largest absolute Gasteiger partial charge is 0.467 e. The van der Waals surface area contributed by atoms with Crippen LogP contribution in [0.3, 0.4) is 0 Å². The standard InChI is InChI=1S/C28H38N4O6/c1-4-18(2)23(31-27(36)22-12-13-25(34)29-22)15-32(16-26(35)30-24(17-33)28(37)38-3)14-20-10-7-9-19-8-5-6-11-21(19)20/h5-11,18,22-24,33H,4,12-17H2,1-3H3,(H,29,34)(H,30,35)(H,31,36)/t18-,22-,23+,24-/m0/s1. The van der Waals surface area contributed by atoms with E-state index in [1.807, 2.05) is 61.2 Å². The zero-order valence-corrected chi connectivity index (χ0v) is 22.2. The van der Waals surface area contributed by atoms with Crippen LogP contribution in [-0.2, 0) is 30.5 Å². The van der Waals surface area contributed by atoms with Crippen LogP contribution in [0.25, 0.3) is 10.8 Å². The van der Waals surface area contributed by atoms with E-state index in [1.165, 1.54) is 7.11 Å². The van der Waals surface area contributed by atoms with Gasteiger partial charge in [-0.15, -0.1) is 0 Å². The average Bonchev–Trinajstić information content (AvgIpc) is 3.36. The minimum absolute atomic E-state index is 0.0698. The molecule has 1 aliphatic heterocycles. The second kappa shape index (κ2) is 13.9. The van der Waals surface area contributed by atoms with E-state index >= 15 is 0 Å². The minimum atomic E-state index is -1.16. The van der Waals surface area contributed by atoms with Crippen molar-refractivity contribution in [1.29, 1.82) is 0 Å². The van der Waals surface area contributed by atoms with E-state index in [-0.39, 0.29) is 30.3 Å². The fourth-order valence-electron chi connectivity index (χ4n) is 4.65. The number of amides is 3. The molecule has 0 spiro atoms. The summed E-state index contributed by atoms with van der Waals surface area (Å²) in [6.07, 6.45) is 1.58. The molecule has 1 saturated heterocycles. The number of hydrogen-bond acceptors (Lipinski definition) is 7. The van der Waals surface area contributed by atoms with Crippen LogP contribution in [0.4, 0.5) is 0 Å². The lowest BCUT2D eigenvalue weighted by molar-refractivity contribution is -0.146. The van der Waals surface area contributed by atoms with E-state index in [1.54, 1.807) is 0 Å². The summed E-state index contributed by atoms with van der Waals surface area (Å²) in [6, 6.07) is 12.0. The maximum atomic E-state index is 13.0. The number of nitrogens with one attached hydrogen (secondary N) is 3. The number of fused-ring (bicyclic) bond motifs is 1. The summed E-state index contributed by atoms with van der Waals surface area (Å²) < 4.78 is 4.66. The molecule has 10 nitrogen and oxygen atoms in total. The molecule has 3 rings (SSSR count). The third-order valence-electron chi connectivity index (χ3n) is 7.07. The van der Waals surface area contributed by atoms with Gasteiger partial charge in [-0.25, -0.2) is 4.79 Å². The van der Waals surface area contributed by atoms with E-state index in [0.29, 0.717) is 25.9 Å². The molecule has 3 amide bonds. The summed E-state index contributed by atoms with van der Waals surface area (Å²) in [6.45, 7) is 4.19. The van der Waals surface area contributed by atoms with Crippen LogP contribution in [0.1, 0.15) is 38.7 Å². The highest BCUT2D eigenvalue weighted by atomic mass is 16.5. The van der Waals surface area contributed by atoms with Crippen LogP contribution >= 0.6 is 0 Å². The van der Waals surface area contributed by atoms with Gasteiger partial charge in [0.05, 0.1) is 20.3 Å². The van der Waals surface area contributed by atoms with Crippen molar-refractivity contribution < 1.29 is 29.0 Å². The zero-order chi connectivity index (χ0) is 27.7. The Labute approximate surface area is 223 Å². The van der Waals surface area contributed by atoms with Gasteiger partial charge in [0.25, 0.3) is 0 Å². The first kappa shape index (κ1) is 29.1. The van der Waals surface area contributed by atoms with Gasteiger partial charge in [-0.05, 0) is 28.7 Å². The summed E-state index contributed by atoms with van der Waals surface area (Å²) in [5, 5.41) is 20.0. The summed E-state index contributed by atoms with van der Waals surface area (Å²) >= 11 is 0. The summed E-state index contributed by atoms with van der Waals surface area (Å²) in [4.78, 5) is 51.4. The summed E-state index contributed by atoms with van der Waals surface area (Å²) in [5.74, 6) is -1.46. The van der Waals surface area contributed by atoms with E-state index in [2.05, 4.69) is 20.7 Å².